The molecule has 2 nitrogen and oxygen atoms in total. The normalized spacial score (nSPS) is 21.3. The summed E-state index contributed by atoms with van der Waals surface area (Å²) in [6.45, 7) is 4.81. The second-order valence-corrected chi connectivity index (χ2v) is 3.49. The van der Waals surface area contributed by atoms with Gasteiger partial charge in [0.2, 0.25) is 0 Å². The highest BCUT2D eigenvalue weighted by atomic mass is 35.5. The van der Waals surface area contributed by atoms with E-state index in [0.29, 0.717) is 0 Å². The van der Waals surface area contributed by atoms with E-state index in [-0.39, 0.29) is 12.4 Å². The van der Waals surface area contributed by atoms with Gasteiger partial charge in [0.25, 0.3) is 0 Å². The Bertz CT molecular complexity index is 102. The number of methoxy groups -OCH3 is 1. The first-order valence-corrected chi connectivity index (χ1v) is 4.09. The fraction of sp³-hybridized carbons (Fsp3) is 1.00. The molecule has 1 heterocycles. The zero-order valence-electron chi connectivity index (χ0n) is 7.48. The molecule has 0 saturated carbocycles. The summed E-state index contributed by atoms with van der Waals surface area (Å²) in [7, 11) is 4.11. The Hall–Kier alpha value is 0.210. The molecular weight excluding hydrogens is 162 g/mol. The van der Waals surface area contributed by atoms with Crippen LogP contribution in [-0.4, -0.2) is 44.9 Å². The van der Waals surface area contributed by atoms with E-state index < -0.39 is 0 Å². The number of rotatable bonds is 3. The third-order valence-corrected chi connectivity index (χ3v) is 2.48. The number of likely N-dealkylation sites (tertiary alicyclic amines) is 1. The van der Waals surface area contributed by atoms with Crippen molar-refractivity contribution >= 4 is 0 Å². The zero-order chi connectivity index (χ0) is 7.45. The van der Waals surface area contributed by atoms with Crippen molar-refractivity contribution in [3.8, 4) is 0 Å². The molecule has 0 amide bonds. The van der Waals surface area contributed by atoms with Crippen molar-refractivity contribution in [2.45, 2.75) is 12.8 Å². The third kappa shape index (κ3) is 3.41. The van der Waals surface area contributed by atoms with E-state index in [1.807, 2.05) is 0 Å². The van der Waals surface area contributed by atoms with E-state index in [9.17, 15) is 0 Å². The van der Waals surface area contributed by atoms with Crippen molar-refractivity contribution in [1.82, 2.24) is 0 Å². The summed E-state index contributed by atoms with van der Waals surface area (Å²) in [4.78, 5) is 0. The molecule has 0 unspecified atom stereocenters. The zero-order valence-corrected chi connectivity index (χ0v) is 8.23. The molecule has 1 rings (SSSR count). The van der Waals surface area contributed by atoms with E-state index in [0.717, 1.165) is 6.61 Å². The van der Waals surface area contributed by atoms with Gasteiger partial charge in [-0.15, -0.1) is 0 Å². The summed E-state index contributed by atoms with van der Waals surface area (Å²) in [6, 6.07) is 0. The predicted octanol–water partition coefficient (Wildman–Crippen LogP) is -2.12. The average Bonchev–Trinajstić information content (AvgIpc) is 2.33. The molecule has 0 spiro atoms. The summed E-state index contributed by atoms with van der Waals surface area (Å²) in [5.74, 6) is 0. The minimum atomic E-state index is 0. The fourth-order valence-electron chi connectivity index (χ4n) is 1.63. The number of likely N-dealkylation sites (N-methyl/N-ethyl adjacent to an activating group) is 1. The molecular formula is C8H18ClNO. The SMILES string of the molecule is COCC[N+]1(C)CCCC1.[Cl-]. The molecule has 0 aromatic rings. The number of halogens is 1. The van der Waals surface area contributed by atoms with Crippen LogP contribution in [0, 0.1) is 0 Å². The highest BCUT2D eigenvalue weighted by Crippen LogP contribution is 2.15. The maximum absolute atomic E-state index is 5.05. The minimum absolute atomic E-state index is 0. The van der Waals surface area contributed by atoms with Crippen LogP contribution in [0.2, 0.25) is 0 Å². The van der Waals surface area contributed by atoms with Crippen LogP contribution in [0.4, 0.5) is 0 Å². The second kappa shape index (κ2) is 4.96. The van der Waals surface area contributed by atoms with Crippen LogP contribution in [0.5, 0.6) is 0 Å². The third-order valence-electron chi connectivity index (χ3n) is 2.48. The number of hydrogen-bond acceptors (Lipinski definition) is 1. The van der Waals surface area contributed by atoms with Crippen molar-refractivity contribution in [3.05, 3.63) is 0 Å². The lowest BCUT2D eigenvalue weighted by Gasteiger charge is -2.28. The molecule has 0 N–H and O–H groups in total. The van der Waals surface area contributed by atoms with Crippen LogP contribution in [0.15, 0.2) is 0 Å². The van der Waals surface area contributed by atoms with Crippen LogP contribution in [0.25, 0.3) is 0 Å². The Labute approximate surface area is 75.5 Å². The van der Waals surface area contributed by atoms with Crippen molar-refractivity contribution in [2.24, 2.45) is 0 Å². The number of hydrogen-bond donors (Lipinski definition) is 0. The molecule has 0 radical (unpaired) electrons. The largest absolute Gasteiger partial charge is 1.00 e. The van der Waals surface area contributed by atoms with E-state index in [1.54, 1.807) is 7.11 Å². The standard InChI is InChI=1S/C8H18NO.ClH/c1-9(7-8-10-2)5-3-4-6-9;/h3-8H2,1-2H3;1H/q+1;/p-1. The Balaban J connectivity index is 0.000001000. The Morgan fingerprint density at radius 1 is 1.27 bits per heavy atom. The lowest BCUT2D eigenvalue weighted by atomic mass is 10.4. The Kier molecular flexibility index (Phi) is 5.06. The topological polar surface area (TPSA) is 9.23 Å². The van der Waals surface area contributed by atoms with E-state index in [1.165, 1.54) is 37.0 Å². The molecule has 68 valence electrons. The average molecular weight is 180 g/mol. The summed E-state index contributed by atoms with van der Waals surface area (Å²) >= 11 is 0. The summed E-state index contributed by atoms with van der Waals surface area (Å²) in [6.07, 6.45) is 2.81. The quantitative estimate of drug-likeness (QED) is 0.451. The van der Waals surface area contributed by atoms with Gasteiger partial charge < -0.3 is 21.6 Å². The molecule has 1 aliphatic rings. The lowest BCUT2D eigenvalue weighted by Crippen LogP contribution is -3.00. The number of ether oxygens (including phenoxy) is 1. The van der Waals surface area contributed by atoms with Crippen LogP contribution in [0.1, 0.15) is 12.8 Å². The van der Waals surface area contributed by atoms with Crippen molar-refractivity contribution < 1.29 is 21.6 Å². The molecule has 0 aromatic heterocycles. The van der Waals surface area contributed by atoms with Gasteiger partial charge in [0.05, 0.1) is 26.7 Å². The molecule has 11 heavy (non-hydrogen) atoms. The van der Waals surface area contributed by atoms with Crippen LogP contribution in [-0.2, 0) is 4.74 Å². The Morgan fingerprint density at radius 2 is 1.82 bits per heavy atom. The molecule has 1 saturated heterocycles. The first-order chi connectivity index (χ1) is 4.77. The summed E-state index contributed by atoms with van der Waals surface area (Å²) in [5.41, 5.74) is 0. The molecule has 3 heteroatoms. The first kappa shape index (κ1) is 11.2. The van der Waals surface area contributed by atoms with E-state index >= 15 is 0 Å². The summed E-state index contributed by atoms with van der Waals surface area (Å²) in [5, 5.41) is 0. The molecule has 0 bridgehead atoms. The van der Waals surface area contributed by atoms with Gasteiger partial charge in [-0.1, -0.05) is 0 Å². The molecule has 0 atom stereocenters. The maximum Gasteiger partial charge on any atom is 0.102 e. The van der Waals surface area contributed by atoms with Crippen molar-refractivity contribution in [1.29, 1.82) is 0 Å². The lowest BCUT2D eigenvalue weighted by molar-refractivity contribution is -0.897. The van der Waals surface area contributed by atoms with E-state index in [4.69, 9.17) is 4.74 Å². The number of quaternary nitrogens is 1. The molecule has 1 fully saturated rings. The molecule has 0 aliphatic carbocycles. The van der Waals surface area contributed by atoms with Gasteiger partial charge >= 0.3 is 0 Å². The van der Waals surface area contributed by atoms with Gasteiger partial charge in [-0.05, 0) is 0 Å². The second-order valence-electron chi connectivity index (χ2n) is 3.49. The van der Waals surface area contributed by atoms with Gasteiger partial charge in [-0.25, -0.2) is 0 Å². The highest BCUT2D eigenvalue weighted by molar-refractivity contribution is 4.50. The van der Waals surface area contributed by atoms with Gasteiger partial charge in [0.1, 0.15) is 6.54 Å². The Morgan fingerprint density at radius 3 is 2.27 bits per heavy atom. The van der Waals surface area contributed by atoms with Gasteiger partial charge in [-0.3, -0.25) is 0 Å². The van der Waals surface area contributed by atoms with Crippen LogP contribution < -0.4 is 12.4 Å². The van der Waals surface area contributed by atoms with Gasteiger partial charge in [-0.2, -0.15) is 0 Å². The van der Waals surface area contributed by atoms with Crippen molar-refractivity contribution in [2.75, 3.05) is 40.4 Å². The smallest absolute Gasteiger partial charge is 0.102 e. The molecule has 0 aromatic carbocycles. The van der Waals surface area contributed by atoms with Crippen LogP contribution >= 0.6 is 0 Å². The monoisotopic (exact) mass is 179 g/mol. The highest BCUT2D eigenvalue weighted by Gasteiger charge is 2.25. The maximum atomic E-state index is 5.05. The number of nitrogens with zero attached hydrogens (tertiary/aromatic N) is 1. The van der Waals surface area contributed by atoms with E-state index in [2.05, 4.69) is 7.05 Å². The first-order valence-electron chi connectivity index (χ1n) is 4.09. The molecule has 1 aliphatic heterocycles. The van der Waals surface area contributed by atoms with Gasteiger partial charge in [0, 0.05) is 20.0 Å². The minimum Gasteiger partial charge on any atom is -1.00 e. The fourth-order valence-corrected chi connectivity index (χ4v) is 1.63. The van der Waals surface area contributed by atoms with Crippen LogP contribution in [0.3, 0.4) is 0 Å². The summed E-state index contributed by atoms with van der Waals surface area (Å²) < 4.78 is 6.28. The van der Waals surface area contributed by atoms with Gasteiger partial charge in [0.15, 0.2) is 0 Å². The predicted molar refractivity (Wildman–Crippen MR) is 41.9 cm³/mol. The van der Waals surface area contributed by atoms with Crippen molar-refractivity contribution in [3.63, 3.8) is 0 Å².